The number of aromatic amines is 1. The largest absolute Gasteiger partial charge is 0.497 e. The third kappa shape index (κ3) is 5.72. The highest BCUT2D eigenvalue weighted by atomic mass is 16.5. The van der Waals surface area contributed by atoms with Crippen molar-refractivity contribution in [3.8, 4) is 11.5 Å². The van der Waals surface area contributed by atoms with Crippen molar-refractivity contribution in [1.29, 1.82) is 0 Å². The van der Waals surface area contributed by atoms with Gasteiger partial charge >= 0.3 is 0 Å². The van der Waals surface area contributed by atoms with Crippen LogP contribution >= 0.6 is 0 Å². The maximum atomic E-state index is 13.1. The molecule has 1 N–H and O–H groups in total. The lowest BCUT2D eigenvalue weighted by atomic mass is 10.1. The Bertz CT molecular complexity index is 1330. The van der Waals surface area contributed by atoms with Gasteiger partial charge in [-0.1, -0.05) is 19.1 Å². The van der Waals surface area contributed by atoms with E-state index in [2.05, 4.69) is 32.3 Å². The van der Waals surface area contributed by atoms with Crippen molar-refractivity contribution in [2.45, 2.75) is 39.0 Å². The number of H-pyrrole nitrogens is 1. The highest BCUT2D eigenvalue weighted by Gasteiger charge is 2.26. The van der Waals surface area contributed by atoms with E-state index in [1.807, 2.05) is 48.5 Å². The molecule has 0 aliphatic carbocycles. The number of ether oxygens (including phenoxy) is 3. The topological polar surface area (TPSA) is 107 Å². The molecular weight excluding hydrogens is 460 g/mol. The van der Waals surface area contributed by atoms with Crippen LogP contribution in [-0.4, -0.2) is 58.0 Å². The summed E-state index contributed by atoms with van der Waals surface area (Å²) in [6.45, 7) is 4.14. The maximum Gasteiger partial charge on any atom is 0.252 e. The van der Waals surface area contributed by atoms with Gasteiger partial charge in [-0.2, -0.15) is 0 Å². The molecule has 1 atom stereocenters. The van der Waals surface area contributed by atoms with E-state index in [1.54, 1.807) is 26.0 Å². The summed E-state index contributed by atoms with van der Waals surface area (Å²) in [7, 11) is 4.93. The van der Waals surface area contributed by atoms with Gasteiger partial charge in [-0.3, -0.25) is 9.69 Å². The number of methoxy groups -OCH3 is 3. The molecule has 2 aromatic carbocycles. The predicted molar refractivity (Wildman–Crippen MR) is 136 cm³/mol. The third-order valence-electron chi connectivity index (χ3n) is 6.24. The lowest BCUT2D eigenvalue weighted by Gasteiger charge is -2.30. The molecule has 0 radical (unpaired) electrons. The summed E-state index contributed by atoms with van der Waals surface area (Å²) in [5.74, 6) is 2.27. The quantitative estimate of drug-likeness (QED) is 0.321. The standard InChI is InChI=1S/C26H32N6O4/c1-5-24(25-28-29-30-32(25)12-13-34-2)31(16-18-6-8-21(35-3)9-7-18)17-20-14-19-15-22(36-4)10-11-23(19)27-26(20)33/h6-11,14-15,24H,5,12-13,16-17H2,1-4H3,(H,27,33)/t24-/m0/s1. The van der Waals surface area contributed by atoms with Gasteiger partial charge in [-0.05, 0) is 58.8 Å². The van der Waals surface area contributed by atoms with E-state index in [9.17, 15) is 4.79 Å². The van der Waals surface area contributed by atoms with Gasteiger partial charge in [-0.25, -0.2) is 4.68 Å². The highest BCUT2D eigenvalue weighted by Crippen LogP contribution is 2.27. The number of hydrogen-bond acceptors (Lipinski definition) is 8. The van der Waals surface area contributed by atoms with Crippen molar-refractivity contribution in [1.82, 2.24) is 30.1 Å². The van der Waals surface area contributed by atoms with Gasteiger partial charge in [0.15, 0.2) is 5.82 Å². The second kappa shape index (κ2) is 11.8. The van der Waals surface area contributed by atoms with Gasteiger partial charge in [0.05, 0.1) is 33.4 Å². The molecule has 36 heavy (non-hydrogen) atoms. The van der Waals surface area contributed by atoms with Gasteiger partial charge in [0.2, 0.25) is 0 Å². The van der Waals surface area contributed by atoms with Gasteiger partial charge in [0, 0.05) is 36.7 Å². The second-order valence-corrected chi connectivity index (χ2v) is 8.51. The Morgan fingerprint density at radius 1 is 1.00 bits per heavy atom. The summed E-state index contributed by atoms with van der Waals surface area (Å²) in [4.78, 5) is 18.3. The van der Waals surface area contributed by atoms with Crippen molar-refractivity contribution < 1.29 is 14.2 Å². The third-order valence-corrected chi connectivity index (χ3v) is 6.24. The van der Waals surface area contributed by atoms with Gasteiger partial charge in [-0.15, -0.1) is 5.10 Å². The lowest BCUT2D eigenvalue weighted by Crippen LogP contribution is -2.32. The lowest BCUT2D eigenvalue weighted by molar-refractivity contribution is 0.151. The molecule has 2 heterocycles. The zero-order valence-corrected chi connectivity index (χ0v) is 21.1. The van der Waals surface area contributed by atoms with Crippen LogP contribution < -0.4 is 15.0 Å². The molecule has 0 saturated heterocycles. The minimum absolute atomic E-state index is 0.124. The van der Waals surface area contributed by atoms with E-state index in [0.29, 0.717) is 31.8 Å². The molecule has 10 heteroatoms. The zero-order valence-electron chi connectivity index (χ0n) is 21.1. The first-order valence-electron chi connectivity index (χ1n) is 11.9. The molecule has 0 bridgehead atoms. The SMILES string of the molecule is CC[C@@H](c1nnnn1CCOC)N(Cc1ccc(OC)cc1)Cc1cc2cc(OC)ccc2[nH]c1=O. The van der Waals surface area contributed by atoms with E-state index in [-0.39, 0.29) is 11.6 Å². The predicted octanol–water partition coefficient (Wildman–Crippen LogP) is 3.33. The molecule has 10 nitrogen and oxygen atoms in total. The maximum absolute atomic E-state index is 13.1. The Morgan fingerprint density at radius 3 is 2.44 bits per heavy atom. The normalized spacial score (nSPS) is 12.2. The molecule has 4 rings (SSSR count). The number of benzene rings is 2. The first-order chi connectivity index (χ1) is 17.6. The van der Waals surface area contributed by atoms with Crippen LogP contribution in [0.2, 0.25) is 0 Å². The summed E-state index contributed by atoms with van der Waals surface area (Å²) in [6.07, 6.45) is 0.753. The Labute approximate surface area is 209 Å². The van der Waals surface area contributed by atoms with Crippen LogP contribution in [0.4, 0.5) is 0 Å². The van der Waals surface area contributed by atoms with Crippen molar-refractivity contribution in [3.05, 3.63) is 75.8 Å². The molecule has 4 aromatic rings. The fourth-order valence-electron chi connectivity index (χ4n) is 4.33. The second-order valence-electron chi connectivity index (χ2n) is 8.51. The number of hydrogen-bond donors (Lipinski definition) is 1. The average Bonchev–Trinajstić information content (AvgIpc) is 3.36. The molecular formula is C26H32N6O4. The molecule has 190 valence electrons. The van der Waals surface area contributed by atoms with Gasteiger partial charge in [0.25, 0.3) is 5.56 Å². The average molecular weight is 493 g/mol. The van der Waals surface area contributed by atoms with Crippen LogP contribution in [-0.2, 0) is 24.4 Å². The minimum atomic E-state index is -0.126. The van der Waals surface area contributed by atoms with Gasteiger partial charge < -0.3 is 19.2 Å². The van der Waals surface area contributed by atoms with E-state index >= 15 is 0 Å². The number of aromatic nitrogens is 5. The van der Waals surface area contributed by atoms with E-state index < -0.39 is 0 Å². The van der Waals surface area contributed by atoms with Gasteiger partial charge in [0.1, 0.15) is 11.5 Å². The number of fused-ring (bicyclic) bond motifs is 1. The Kier molecular flexibility index (Phi) is 8.29. The first kappa shape index (κ1) is 25.3. The molecule has 2 aromatic heterocycles. The van der Waals surface area contributed by atoms with Crippen LogP contribution in [0.5, 0.6) is 11.5 Å². The molecule has 0 spiro atoms. The highest BCUT2D eigenvalue weighted by molar-refractivity contribution is 5.80. The Morgan fingerprint density at radius 2 is 1.75 bits per heavy atom. The summed E-state index contributed by atoms with van der Waals surface area (Å²) < 4.78 is 17.7. The van der Waals surface area contributed by atoms with Crippen LogP contribution in [0.15, 0.2) is 53.3 Å². The summed E-state index contributed by atoms with van der Waals surface area (Å²) in [5, 5.41) is 13.4. The van der Waals surface area contributed by atoms with Crippen molar-refractivity contribution in [2.75, 3.05) is 27.9 Å². The molecule has 0 aliphatic rings. The van der Waals surface area contributed by atoms with Crippen LogP contribution in [0.1, 0.15) is 36.3 Å². The summed E-state index contributed by atoms with van der Waals surface area (Å²) in [6, 6.07) is 15.3. The Balaban J connectivity index is 1.72. The van der Waals surface area contributed by atoms with Crippen molar-refractivity contribution >= 4 is 10.9 Å². The van der Waals surface area contributed by atoms with Crippen molar-refractivity contribution in [3.63, 3.8) is 0 Å². The van der Waals surface area contributed by atoms with Crippen LogP contribution in [0.3, 0.4) is 0 Å². The van der Waals surface area contributed by atoms with Crippen molar-refractivity contribution in [2.24, 2.45) is 0 Å². The first-order valence-corrected chi connectivity index (χ1v) is 11.9. The van der Waals surface area contributed by atoms with E-state index in [1.165, 1.54) is 0 Å². The van der Waals surface area contributed by atoms with E-state index in [0.717, 1.165) is 40.2 Å². The fourth-order valence-corrected chi connectivity index (χ4v) is 4.33. The monoisotopic (exact) mass is 492 g/mol. The molecule has 0 aliphatic heterocycles. The Hall–Kier alpha value is -3.76. The summed E-state index contributed by atoms with van der Waals surface area (Å²) >= 11 is 0. The van der Waals surface area contributed by atoms with E-state index in [4.69, 9.17) is 14.2 Å². The van der Waals surface area contributed by atoms with Crippen LogP contribution in [0.25, 0.3) is 10.9 Å². The summed E-state index contributed by atoms with van der Waals surface area (Å²) in [5.41, 5.74) is 2.38. The molecule has 0 amide bonds. The number of nitrogens with zero attached hydrogens (tertiary/aromatic N) is 5. The smallest absolute Gasteiger partial charge is 0.252 e. The number of pyridine rings is 1. The number of rotatable bonds is 12. The fraction of sp³-hybridized carbons (Fsp3) is 0.385. The number of tetrazole rings is 1. The molecule has 0 saturated carbocycles. The molecule has 0 unspecified atom stereocenters. The van der Waals surface area contributed by atoms with Crippen LogP contribution in [0, 0.1) is 0 Å². The number of nitrogens with one attached hydrogen (secondary N) is 1. The minimum Gasteiger partial charge on any atom is -0.497 e. The zero-order chi connectivity index (χ0) is 25.5. The molecule has 0 fully saturated rings.